The second kappa shape index (κ2) is 5.95. The Morgan fingerprint density at radius 1 is 0.778 bits per heavy atom. The third kappa shape index (κ3) is 2.28. The Labute approximate surface area is 162 Å². The van der Waals surface area contributed by atoms with Crippen LogP contribution in [0.2, 0.25) is 4.63 Å². The van der Waals surface area contributed by atoms with Gasteiger partial charge in [0.2, 0.25) is 0 Å². The molecule has 0 nitrogen and oxygen atoms in total. The van der Waals surface area contributed by atoms with Crippen LogP contribution in [0.5, 0.6) is 0 Å². The van der Waals surface area contributed by atoms with Crippen molar-refractivity contribution in [2.45, 2.75) is 14.7 Å². The third-order valence-corrected chi connectivity index (χ3v) is 22.3. The molecule has 3 aromatic rings. The summed E-state index contributed by atoms with van der Waals surface area (Å²) in [5.41, 5.74) is 5.73. The van der Waals surface area contributed by atoms with Crippen LogP contribution in [0.4, 0.5) is 0 Å². The van der Waals surface area contributed by atoms with Gasteiger partial charge in [-0.25, -0.2) is 0 Å². The van der Waals surface area contributed by atoms with Crippen LogP contribution in [-0.4, -0.2) is 4.21 Å². The maximum atomic E-state index is 5.23. The number of rotatable bonds is 3. The van der Waals surface area contributed by atoms with Gasteiger partial charge in [0.1, 0.15) is 0 Å². The summed E-state index contributed by atoms with van der Waals surface area (Å²) in [6.07, 6.45) is 7.94. The van der Waals surface area contributed by atoms with E-state index in [0.29, 0.717) is 3.63 Å². The molecule has 2 aliphatic carbocycles. The molecular weight excluding hydrogens is 404 g/mol. The SMILES string of the molecule is [CH2]=[Zr]([CH3])([C]1=CC=CC1)([c]1ccccc1)[CH]1c2ccccc2-c2ccccc21. The minimum atomic E-state index is -3.89. The molecular formula is C26H24Zr. The molecule has 0 fully saturated rings. The molecule has 0 bridgehead atoms. The first-order chi connectivity index (χ1) is 13.1. The molecule has 0 radical (unpaired) electrons. The number of hydrogen-bond acceptors (Lipinski definition) is 0. The molecule has 0 unspecified atom stereocenters. The van der Waals surface area contributed by atoms with Crippen LogP contribution in [0.1, 0.15) is 21.2 Å². The van der Waals surface area contributed by atoms with Crippen LogP contribution in [0, 0.1) is 0 Å². The average molecular weight is 428 g/mol. The topological polar surface area (TPSA) is 0 Å². The van der Waals surface area contributed by atoms with E-state index in [1.54, 1.807) is 3.28 Å². The van der Waals surface area contributed by atoms with Crippen molar-refractivity contribution in [3.8, 4) is 11.1 Å². The number of allylic oxidation sites excluding steroid dienone is 4. The van der Waals surface area contributed by atoms with E-state index in [1.807, 2.05) is 0 Å². The Morgan fingerprint density at radius 3 is 1.89 bits per heavy atom. The van der Waals surface area contributed by atoms with Crippen molar-refractivity contribution >= 4 is 7.48 Å². The Bertz CT molecular complexity index is 1120. The molecule has 2 aliphatic rings. The molecule has 0 atom stereocenters. The van der Waals surface area contributed by atoms with Crippen molar-refractivity contribution in [1.82, 2.24) is 0 Å². The van der Waals surface area contributed by atoms with Crippen LogP contribution in [-0.2, 0) is 18.3 Å². The number of fused-ring (bicyclic) bond motifs is 3. The normalized spacial score (nSPS) is 16.1. The van der Waals surface area contributed by atoms with Crippen LogP contribution in [0.25, 0.3) is 11.1 Å². The van der Waals surface area contributed by atoms with E-state index in [1.165, 1.54) is 25.5 Å². The second-order valence-electron chi connectivity index (χ2n) is 8.41. The molecule has 0 amide bonds. The van der Waals surface area contributed by atoms with E-state index in [4.69, 9.17) is 4.21 Å². The van der Waals surface area contributed by atoms with Crippen LogP contribution < -0.4 is 3.27 Å². The zero-order valence-corrected chi connectivity index (χ0v) is 18.2. The Hall–Kier alpha value is -2.11. The van der Waals surface area contributed by atoms with E-state index < -0.39 is 18.3 Å². The van der Waals surface area contributed by atoms with Crippen molar-refractivity contribution < 1.29 is 18.3 Å². The first kappa shape index (κ1) is 17.0. The van der Waals surface area contributed by atoms with E-state index in [9.17, 15) is 0 Å². The van der Waals surface area contributed by atoms with Crippen LogP contribution in [0.15, 0.2) is 100 Å². The quantitative estimate of drug-likeness (QED) is 0.474. The molecule has 0 aliphatic heterocycles. The zero-order chi connectivity index (χ0) is 18.5. The molecule has 0 saturated heterocycles. The fourth-order valence-electron chi connectivity index (χ4n) is 5.40. The van der Waals surface area contributed by atoms with E-state index in [0.717, 1.165) is 6.42 Å². The number of hydrogen-bond donors (Lipinski definition) is 0. The van der Waals surface area contributed by atoms with Gasteiger partial charge in [0, 0.05) is 0 Å². The second-order valence-corrected chi connectivity index (χ2v) is 23.2. The summed E-state index contributed by atoms with van der Waals surface area (Å²) in [7, 11) is 0. The summed E-state index contributed by atoms with van der Waals surface area (Å²) in [5.74, 6) is 0. The molecule has 1 heteroatoms. The van der Waals surface area contributed by atoms with Gasteiger partial charge in [0.15, 0.2) is 0 Å². The van der Waals surface area contributed by atoms with Gasteiger partial charge in [-0.05, 0) is 0 Å². The zero-order valence-electron chi connectivity index (χ0n) is 15.7. The van der Waals surface area contributed by atoms with Crippen molar-refractivity contribution in [3.05, 3.63) is 111 Å². The number of benzene rings is 3. The van der Waals surface area contributed by atoms with Gasteiger partial charge in [0.25, 0.3) is 0 Å². The van der Waals surface area contributed by atoms with Crippen molar-refractivity contribution in [1.29, 1.82) is 0 Å². The maximum absolute atomic E-state index is 5.23. The first-order valence-electron chi connectivity index (χ1n) is 9.75. The van der Waals surface area contributed by atoms with E-state index in [2.05, 4.69) is 102 Å². The standard InChI is InChI=1S/C13H9.C6H5.C5H5.CH3.CH2.Zr/c1-3-7-12-10(5-1)9-11-6-2-4-8-13(11)12;1-2-4-6-5-3-1;1-2-4-5-3-1;;;/h1-9H;1-5H;1-3H,4H2;1H3;1H2;. The molecule has 5 rings (SSSR count). The molecule has 27 heavy (non-hydrogen) atoms. The van der Waals surface area contributed by atoms with E-state index >= 15 is 0 Å². The van der Waals surface area contributed by atoms with Gasteiger partial charge in [-0.15, -0.1) is 0 Å². The monoisotopic (exact) mass is 426 g/mol. The fraction of sp³-hybridized carbons (Fsp3) is 0.115. The van der Waals surface area contributed by atoms with Crippen molar-refractivity contribution in [2.24, 2.45) is 0 Å². The van der Waals surface area contributed by atoms with Gasteiger partial charge in [-0.1, -0.05) is 0 Å². The predicted octanol–water partition coefficient (Wildman–Crippen LogP) is 6.10. The Balaban J connectivity index is 1.89. The van der Waals surface area contributed by atoms with Crippen LogP contribution in [0.3, 0.4) is 0 Å². The average Bonchev–Trinajstić information content (AvgIpc) is 3.36. The van der Waals surface area contributed by atoms with Gasteiger partial charge in [-0.2, -0.15) is 0 Å². The molecule has 0 saturated carbocycles. The summed E-state index contributed by atoms with van der Waals surface area (Å²) >= 11 is -3.89. The Kier molecular flexibility index (Phi) is 3.75. The van der Waals surface area contributed by atoms with E-state index in [-0.39, 0.29) is 0 Å². The summed E-state index contributed by atoms with van der Waals surface area (Å²) < 4.78 is 11.2. The molecule has 0 spiro atoms. The summed E-state index contributed by atoms with van der Waals surface area (Å²) in [5, 5.41) is 0. The first-order valence-corrected chi connectivity index (χ1v) is 17.8. The molecule has 0 N–H and O–H groups in total. The molecule has 3 aromatic carbocycles. The van der Waals surface area contributed by atoms with Crippen molar-refractivity contribution in [3.63, 3.8) is 0 Å². The summed E-state index contributed by atoms with van der Waals surface area (Å²) in [4.78, 5) is 0. The minimum absolute atomic E-state index is 0.382. The van der Waals surface area contributed by atoms with Crippen LogP contribution >= 0.6 is 0 Å². The van der Waals surface area contributed by atoms with Gasteiger partial charge < -0.3 is 0 Å². The summed E-state index contributed by atoms with van der Waals surface area (Å²) in [6, 6.07) is 29.1. The summed E-state index contributed by atoms with van der Waals surface area (Å²) in [6.45, 7) is 0. The predicted molar refractivity (Wildman–Crippen MR) is 115 cm³/mol. The van der Waals surface area contributed by atoms with Gasteiger partial charge >= 0.3 is 163 Å². The molecule has 0 heterocycles. The van der Waals surface area contributed by atoms with Crippen molar-refractivity contribution in [2.75, 3.05) is 0 Å². The van der Waals surface area contributed by atoms with Gasteiger partial charge in [-0.3, -0.25) is 0 Å². The van der Waals surface area contributed by atoms with Gasteiger partial charge in [0.05, 0.1) is 0 Å². The Morgan fingerprint density at radius 2 is 1.33 bits per heavy atom. The fourth-order valence-corrected chi connectivity index (χ4v) is 19.2. The molecule has 0 aromatic heterocycles. The molecule has 132 valence electrons. The third-order valence-electron chi connectivity index (χ3n) is 6.86.